The van der Waals surface area contributed by atoms with Gasteiger partial charge in [0.1, 0.15) is 18.2 Å². The lowest BCUT2D eigenvalue weighted by Crippen LogP contribution is -2.34. The third kappa shape index (κ3) is 3.99. The molecule has 0 saturated carbocycles. The Bertz CT molecular complexity index is 1240. The SMILES string of the molecule is Cc1c2c(cc3c1O/C(=C\c1ccncc1)C3=O)CN(CCc1ccc(Cl)cc1Cl)CO2. The van der Waals surface area contributed by atoms with Crippen molar-refractivity contribution in [2.45, 2.75) is 19.9 Å². The molecule has 0 atom stereocenters. The van der Waals surface area contributed by atoms with Gasteiger partial charge in [0.25, 0.3) is 0 Å². The molecule has 5 rings (SSSR count). The quantitative estimate of drug-likeness (QED) is 0.461. The number of hydrogen-bond acceptors (Lipinski definition) is 5. The fourth-order valence-electron chi connectivity index (χ4n) is 4.05. The van der Waals surface area contributed by atoms with Crippen molar-refractivity contribution in [3.63, 3.8) is 0 Å². The Kier molecular flexibility index (Phi) is 5.64. The van der Waals surface area contributed by atoms with Gasteiger partial charge >= 0.3 is 0 Å². The van der Waals surface area contributed by atoms with E-state index in [1.807, 2.05) is 37.3 Å². The average molecular weight is 467 g/mol. The van der Waals surface area contributed by atoms with Crippen molar-refractivity contribution in [3.8, 4) is 11.5 Å². The summed E-state index contributed by atoms with van der Waals surface area (Å²) in [5.74, 6) is 1.57. The first-order chi connectivity index (χ1) is 15.5. The van der Waals surface area contributed by atoms with E-state index in [2.05, 4.69) is 9.88 Å². The molecule has 3 aromatic rings. The van der Waals surface area contributed by atoms with Gasteiger partial charge < -0.3 is 9.47 Å². The van der Waals surface area contributed by atoms with Crippen molar-refractivity contribution >= 4 is 35.1 Å². The first-order valence-corrected chi connectivity index (χ1v) is 11.0. The lowest BCUT2D eigenvalue weighted by Gasteiger charge is -2.30. The maximum atomic E-state index is 13.0. The number of aromatic nitrogens is 1. The maximum absolute atomic E-state index is 13.0. The highest BCUT2D eigenvalue weighted by Crippen LogP contribution is 2.43. The summed E-state index contributed by atoms with van der Waals surface area (Å²) >= 11 is 12.3. The third-order valence-corrected chi connectivity index (χ3v) is 6.31. The number of ketones is 1. The maximum Gasteiger partial charge on any atom is 0.231 e. The van der Waals surface area contributed by atoms with Crippen LogP contribution in [0.25, 0.3) is 6.08 Å². The van der Waals surface area contributed by atoms with Gasteiger partial charge in [0.15, 0.2) is 5.76 Å². The molecule has 0 amide bonds. The number of fused-ring (bicyclic) bond motifs is 2. The molecular formula is C25H20Cl2N2O3. The predicted octanol–water partition coefficient (Wildman–Crippen LogP) is 5.71. The van der Waals surface area contributed by atoms with Crippen LogP contribution in [0.15, 0.2) is 54.6 Å². The van der Waals surface area contributed by atoms with Crippen LogP contribution in [0.5, 0.6) is 11.5 Å². The van der Waals surface area contributed by atoms with E-state index in [9.17, 15) is 4.79 Å². The number of carbonyl (C=O) groups is 1. The molecule has 1 aromatic heterocycles. The van der Waals surface area contributed by atoms with Crippen LogP contribution in [0.2, 0.25) is 10.0 Å². The molecule has 7 heteroatoms. The van der Waals surface area contributed by atoms with Gasteiger partial charge in [-0.1, -0.05) is 29.3 Å². The first-order valence-electron chi connectivity index (χ1n) is 10.3. The Morgan fingerprint density at radius 1 is 1.12 bits per heavy atom. The molecule has 0 aliphatic carbocycles. The number of nitrogens with zero attached hydrogens (tertiary/aromatic N) is 2. The fourth-order valence-corrected chi connectivity index (χ4v) is 4.56. The summed E-state index contributed by atoms with van der Waals surface area (Å²) in [5, 5.41) is 1.29. The van der Waals surface area contributed by atoms with E-state index in [0.29, 0.717) is 40.4 Å². The normalized spacial score (nSPS) is 16.5. The van der Waals surface area contributed by atoms with Crippen molar-refractivity contribution in [2.75, 3.05) is 13.3 Å². The molecule has 162 valence electrons. The smallest absolute Gasteiger partial charge is 0.231 e. The number of allylic oxidation sites excluding steroid dienone is 1. The van der Waals surface area contributed by atoms with Gasteiger partial charge in [-0.2, -0.15) is 0 Å². The van der Waals surface area contributed by atoms with Crippen LogP contribution in [-0.2, 0) is 13.0 Å². The lowest BCUT2D eigenvalue weighted by atomic mass is 10.00. The van der Waals surface area contributed by atoms with Crippen LogP contribution in [0.4, 0.5) is 0 Å². The molecule has 32 heavy (non-hydrogen) atoms. The molecular weight excluding hydrogens is 447 g/mol. The fraction of sp³-hybridized carbons (Fsp3) is 0.200. The zero-order valence-electron chi connectivity index (χ0n) is 17.4. The average Bonchev–Trinajstić information content (AvgIpc) is 3.09. The Morgan fingerprint density at radius 3 is 2.72 bits per heavy atom. The number of halogens is 2. The van der Waals surface area contributed by atoms with Crippen LogP contribution in [-0.4, -0.2) is 28.9 Å². The van der Waals surface area contributed by atoms with Crippen molar-refractivity contribution < 1.29 is 14.3 Å². The molecule has 0 spiro atoms. The van der Waals surface area contributed by atoms with Crippen LogP contribution < -0.4 is 9.47 Å². The lowest BCUT2D eigenvalue weighted by molar-refractivity contribution is 0.0954. The zero-order valence-corrected chi connectivity index (χ0v) is 18.9. The molecule has 0 fully saturated rings. The van der Waals surface area contributed by atoms with Gasteiger partial charge in [-0.3, -0.25) is 14.7 Å². The Morgan fingerprint density at radius 2 is 1.94 bits per heavy atom. The number of rotatable bonds is 4. The third-order valence-electron chi connectivity index (χ3n) is 5.72. The molecule has 0 N–H and O–H groups in total. The topological polar surface area (TPSA) is 51.7 Å². The van der Waals surface area contributed by atoms with Crippen LogP contribution >= 0.6 is 23.2 Å². The second-order valence-corrected chi connectivity index (χ2v) is 8.74. The predicted molar refractivity (Wildman–Crippen MR) is 124 cm³/mol. The Hall–Kier alpha value is -2.86. The van der Waals surface area contributed by atoms with Crippen molar-refractivity contribution in [1.29, 1.82) is 0 Å². The van der Waals surface area contributed by atoms with Gasteiger partial charge in [-0.05, 0) is 60.9 Å². The first kappa shape index (κ1) is 21.0. The van der Waals surface area contributed by atoms with E-state index in [4.69, 9.17) is 32.7 Å². The molecule has 5 nitrogen and oxygen atoms in total. The monoisotopic (exact) mass is 466 g/mol. The summed E-state index contributed by atoms with van der Waals surface area (Å²) in [5.41, 5.74) is 4.32. The number of hydrogen-bond donors (Lipinski definition) is 0. The van der Waals surface area contributed by atoms with E-state index < -0.39 is 0 Å². The van der Waals surface area contributed by atoms with E-state index in [0.717, 1.165) is 41.0 Å². The van der Waals surface area contributed by atoms with E-state index in [1.165, 1.54) is 0 Å². The minimum absolute atomic E-state index is 0.118. The Balaban J connectivity index is 1.35. The van der Waals surface area contributed by atoms with E-state index >= 15 is 0 Å². The second kappa shape index (κ2) is 8.58. The number of benzene rings is 2. The summed E-state index contributed by atoms with van der Waals surface area (Å²) < 4.78 is 12.0. The molecule has 0 saturated heterocycles. The molecule has 0 bridgehead atoms. The number of ether oxygens (including phenoxy) is 2. The van der Waals surface area contributed by atoms with Gasteiger partial charge in [0.05, 0.1) is 5.56 Å². The number of Topliss-reactive ketones (excluding diaryl/α,β-unsaturated/α-hetero) is 1. The minimum Gasteiger partial charge on any atom is -0.477 e. The summed E-state index contributed by atoms with van der Waals surface area (Å²) in [6.45, 7) is 3.86. The molecule has 2 aliphatic rings. The largest absolute Gasteiger partial charge is 0.477 e. The van der Waals surface area contributed by atoms with Crippen LogP contribution in [0.1, 0.15) is 32.6 Å². The Labute approximate surface area is 196 Å². The highest BCUT2D eigenvalue weighted by molar-refractivity contribution is 6.35. The molecule has 3 heterocycles. The molecule has 0 unspecified atom stereocenters. The van der Waals surface area contributed by atoms with Crippen molar-refractivity contribution in [3.05, 3.63) is 92.4 Å². The zero-order chi connectivity index (χ0) is 22.2. The summed E-state index contributed by atoms with van der Waals surface area (Å²) in [6.07, 6.45) is 5.88. The van der Waals surface area contributed by atoms with E-state index in [1.54, 1.807) is 24.5 Å². The highest BCUT2D eigenvalue weighted by atomic mass is 35.5. The highest BCUT2D eigenvalue weighted by Gasteiger charge is 2.33. The standard InChI is InChI=1S/C25H20Cl2N2O3/c1-15-24-18(13-29(14-31-24)9-6-17-2-3-19(26)12-21(17)27)11-20-23(30)22(32-25(15)20)10-16-4-7-28-8-5-16/h2-5,7-8,10-12H,6,9,13-14H2,1H3/b22-10-. The summed E-state index contributed by atoms with van der Waals surface area (Å²) in [6, 6.07) is 11.1. The summed E-state index contributed by atoms with van der Waals surface area (Å²) in [7, 11) is 0. The number of carbonyl (C=O) groups excluding carboxylic acids is 1. The van der Waals surface area contributed by atoms with Crippen LogP contribution in [0, 0.1) is 6.92 Å². The minimum atomic E-state index is -0.118. The summed E-state index contributed by atoms with van der Waals surface area (Å²) in [4.78, 5) is 19.2. The van der Waals surface area contributed by atoms with Gasteiger partial charge in [0, 0.05) is 46.7 Å². The molecule has 2 aromatic carbocycles. The van der Waals surface area contributed by atoms with E-state index in [-0.39, 0.29) is 5.78 Å². The van der Waals surface area contributed by atoms with Crippen LogP contribution in [0.3, 0.4) is 0 Å². The van der Waals surface area contributed by atoms with Gasteiger partial charge in [0.2, 0.25) is 5.78 Å². The van der Waals surface area contributed by atoms with Gasteiger partial charge in [-0.25, -0.2) is 0 Å². The molecule has 0 radical (unpaired) electrons. The number of pyridine rings is 1. The van der Waals surface area contributed by atoms with Crippen molar-refractivity contribution in [1.82, 2.24) is 9.88 Å². The van der Waals surface area contributed by atoms with Crippen molar-refractivity contribution in [2.24, 2.45) is 0 Å². The molecule has 2 aliphatic heterocycles. The second-order valence-electron chi connectivity index (χ2n) is 7.90. The van der Waals surface area contributed by atoms with Gasteiger partial charge in [-0.15, -0.1) is 0 Å².